The van der Waals surface area contributed by atoms with E-state index in [0.717, 1.165) is 0 Å². The number of rotatable bonds is 3. The number of carbonyl (C=O) groups excluding carboxylic acids is 2. The average Bonchev–Trinajstić information content (AvgIpc) is 2.19. The Hall–Kier alpha value is -2.10. The molecule has 0 unspecified atom stereocenters. The van der Waals surface area contributed by atoms with E-state index in [1.807, 2.05) is 0 Å². The van der Waals surface area contributed by atoms with E-state index in [0.29, 0.717) is 11.4 Å². The van der Waals surface area contributed by atoms with Gasteiger partial charge in [0, 0.05) is 17.5 Å². The Morgan fingerprint density at radius 3 is 2.33 bits per heavy atom. The fourth-order valence-electron chi connectivity index (χ4n) is 0.943. The second-order valence-corrected chi connectivity index (χ2v) is 3.06. The first-order valence-corrected chi connectivity index (χ1v) is 4.43. The van der Waals surface area contributed by atoms with Gasteiger partial charge in [0.1, 0.15) is 0 Å². The van der Waals surface area contributed by atoms with E-state index in [-0.39, 0.29) is 11.7 Å². The molecule has 0 aliphatic carbocycles. The van der Waals surface area contributed by atoms with Crippen LogP contribution in [0.2, 0.25) is 0 Å². The molecule has 4 nitrogen and oxygen atoms in total. The zero-order valence-electron chi connectivity index (χ0n) is 8.36. The van der Waals surface area contributed by atoms with Crippen molar-refractivity contribution >= 4 is 23.1 Å². The smallest absolute Gasteiger partial charge is 0.248 e. The van der Waals surface area contributed by atoms with Gasteiger partial charge in [-0.25, -0.2) is 0 Å². The molecule has 0 bridgehead atoms. The van der Waals surface area contributed by atoms with Gasteiger partial charge in [0.05, 0.1) is 0 Å². The molecule has 0 heterocycles. The van der Waals surface area contributed by atoms with Crippen LogP contribution in [0.25, 0.3) is 0 Å². The van der Waals surface area contributed by atoms with Crippen LogP contribution >= 0.6 is 0 Å². The van der Waals surface area contributed by atoms with E-state index in [1.165, 1.54) is 19.1 Å². The Labute approximate surface area is 87.8 Å². The first-order chi connectivity index (χ1) is 7.08. The van der Waals surface area contributed by atoms with E-state index in [9.17, 15) is 9.59 Å². The number of anilines is 2. The summed E-state index contributed by atoms with van der Waals surface area (Å²) in [5, 5.41) is 2.59. The quantitative estimate of drug-likeness (QED) is 0.576. The van der Waals surface area contributed by atoms with Gasteiger partial charge in [-0.15, -0.1) is 0 Å². The van der Waals surface area contributed by atoms with Crippen molar-refractivity contribution in [2.45, 2.75) is 6.92 Å². The molecule has 0 saturated heterocycles. The van der Waals surface area contributed by atoms with Gasteiger partial charge in [0.2, 0.25) is 5.91 Å². The number of amides is 1. The maximum Gasteiger partial charge on any atom is 0.248 e. The molecule has 3 N–H and O–H groups in total. The lowest BCUT2D eigenvalue weighted by atomic mass is 10.3. The van der Waals surface area contributed by atoms with Crippen molar-refractivity contribution in [3.05, 3.63) is 36.4 Å². The second kappa shape index (κ2) is 4.95. The molecule has 0 spiro atoms. The highest BCUT2D eigenvalue weighted by Crippen LogP contribution is 2.10. The highest BCUT2D eigenvalue weighted by Gasteiger charge is 1.97. The molecular weight excluding hydrogens is 192 g/mol. The molecule has 1 rings (SSSR count). The first-order valence-electron chi connectivity index (χ1n) is 4.43. The highest BCUT2D eigenvalue weighted by molar-refractivity contribution is 6.03. The van der Waals surface area contributed by atoms with Crippen LogP contribution in [0.4, 0.5) is 11.4 Å². The van der Waals surface area contributed by atoms with Gasteiger partial charge in [0.25, 0.3) is 0 Å². The molecule has 4 heteroatoms. The Kier molecular flexibility index (Phi) is 3.62. The number of ketones is 1. The minimum atomic E-state index is -0.338. The van der Waals surface area contributed by atoms with Crippen LogP contribution in [0.1, 0.15) is 6.92 Å². The van der Waals surface area contributed by atoms with Crippen molar-refractivity contribution in [1.29, 1.82) is 0 Å². The number of benzene rings is 1. The fraction of sp³-hybridized carbons (Fsp3) is 0.0909. The minimum Gasteiger partial charge on any atom is -0.399 e. The Balaban J connectivity index is 2.59. The number of allylic oxidation sites excluding steroid dienone is 1. The zero-order valence-corrected chi connectivity index (χ0v) is 8.36. The normalized spacial score (nSPS) is 10.2. The summed E-state index contributed by atoms with van der Waals surface area (Å²) >= 11 is 0. The standard InChI is InChI=1S/C11H12N2O2/c1-8(14)2-7-11(15)13-10-5-3-9(12)4-6-10/h2-7H,12H2,1H3,(H,13,15)/b7-2-. The minimum absolute atomic E-state index is 0.164. The fourth-order valence-corrected chi connectivity index (χ4v) is 0.943. The SMILES string of the molecule is CC(=O)/C=C\C(=O)Nc1ccc(N)cc1. The van der Waals surface area contributed by atoms with Crippen LogP contribution < -0.4 is 11.1 Å². The van der Waals surface area contributed by atoms with Crippen LogP contribution in [0.15, 0.2) is 36.4 Å². The predicted molar refractivity (Wildman–Crippen MR) is 59.3 cm³/mol. The summed E-state index contributed by atoms with van der Waals surface area (Å²) in [7, 11) is 0. The molecule has 0 aromatic heterocycles. The Morgan fingerprint density at radius 2 is 1.80 bits per heavy atom. The second-order valence-electron chi connectivity index (χ2n) is 3.06. The lowest BCUT2D eigenvalue weighted by Gasteiger charge is -2.01. The molecular formula is C11H12N2O2. The third kappa shape index (κ3) is 4.08. The van der Waals surface area contributed by atoms with Crippen molar-refractivity contribution in [1.82, 2.24) is 0 Å². The van der Waals surface area contributed by atoms with E-state index in [1.54, 1.807) is 24.3 Å². The number of nitrogens with one attached hydrogen (secondary N) is 1. The van der Waals surface area contributed by atoms with Gasteiger partial charge in [-0.05, 0) is 37.3 Å². The summed E-state index contributed by atoms with van der Waals surface area (Å²) in [5.74, 6) is -0.502. The molecule has 1 aromatic carbocycles. The molecule has 78 valence electrons. The highest BCUT2D eigenvalue weighted by atomic mass is 16.1. The molecule has 0 aliphatic heterocycles. The molecule has 0 radical (unpaired) electrons. The zero-order chi connectivity index (χ0) is 11.3. The monoisotopic (exact) mass is 204 g/mol. The third-order valence-corrected chi connectivity index (χ3v) is 1.65. The summed E-state index contributed by atoms with van der Waals surface area (Å²) in [6.07, 6.45) is 2.41. The number of hydrogen-bond donors (Lipinski definition) is 2. The molecule has 0 atom stereocenters. The maximum atomic E-state index is 11.2. The van der Waals surface area contributed by atoms with Gasteiger partial charge in [-0.1, -0.05) is 0 Å². The van der Waals surface area contributed by atoms with Gasteiger partial charge in [-0.2, -0.15) is 0 Å². The summed E-state index contributed by atoms with van der Waals surface area (Å²) in [6.45, 7) is 1.38. The average molecular weight is 204 g/mol. The number of hydrogen-bond acceptors (Lipinski definition) is 3. The number of nitrogen functional groups attached to an aromatic ring is 1. The van der Waals surface area contributed by atoms with Crippen LogP contribution in [0.5, 0.6) is 0 Å². The molecule has 15 heavy (non-hydrogen) atoms. The molecule has 0 aliphatic rings. The molecule has 1 amide bonds. The summed E-state index contributed by atoms with van der Waals surface area (Å²) < 4.78 is 0. The van der Waals surface area contributed by atoms with Crippen molar-refractivity contribution in [3.8, 4) is 0 Å². The van der Waals surface area contributed by atoms with E-state index < -0.39 is 0 Å². The van der Waals surface area contributed by atoms with Crippen molar-refractivity contribution in [2.75, 3.05) is 11.1 Å². The first kappa shape index (κ1) is 11.0. The molecule has 0 saturated carbocycles. The van der Waals surface area contributed by atoms with Gasteiger partial charge in [0.15, 0.2) is 5.78 Å². The lowest BCUT2D eigenvalue weighted by Crippen LogP contribution is -2.08. The summed E-state index contributed by atoms with van der Waals surface area (Å²) in [5.41, 5.74) is 6.76. The lowest BCUT2D eigenvalue weighted by molar-refractivity contribution is -0.114. The Morgan fingerprint density at radius 1 is 1.20 bits per heavy atom. The van der Waals surface area contributed by atoms with Crippen LogP contribution in [0.3, 0.4) is 0 Å². The largest absolute Gasteiger partial charge is 0.399 e. The number of nitrogens with two attached hydrogens (primary N) is 1. The Bertz CT molecular complexity index is 394. The summed E-state index contributed by atoms with van der Waals surface area (Å²) in [4.78, 5) is 21.8. The molecule has 0 fully saturated rings. The van der Waals surface area contributed by atoms with Gasteiger partial charge < -0.3 is 11.1 Å². The van der Waals surface area contributed by atoms with Crippen LogP contribution in [0, 0.1) is 0 Å². The van der Waals surface area contributed by atoms with Crippen molar-refractivity contribution < 1.29 is 9.59 Å². The van der Waals surface area contributed by atoms with Crippen molar-refractivity contribution in [2.24, 2.45) is 0 Å². The van der Waals surface area contributed by atoms with E-state index in [4.69, 9.17) is 5.73 Å². The van der Waals surface area contributed by atoms with Crippen LogP contribution in [-0.4, -0.2) is 11.7 Å². The maximum absolute atomic E-state index is 11.2. The van der Waals surface area contributed by atoms with Crippen LogP contribution in [-0.2, 0) is 9.59 Å². The number of carbonyl (C=O) groups is 2. The van der Waals surface area contributed by atoms with Gasteiger partial charge >= 0.3 is 0 Å². The molecule has 1 aromatic rings. The predicted octanol–water partition coefficient (Wildman–Crippen LogP) is 1.35. The van der Waals surface area contributed by atoms with Gasteiger partial charge in [-0.3, -0.25) is 9.59 Å². The van der Waals surface area contributed by atoms with E-state index in [2.05, 4.69) is 5.32 Å². The topological polar surface area (TPSA) is 72.2 Å². The third-order valence-electron chi connectivity index (χ3n) is 1.65. The van der Waals surface area contributed by atoms with E-state index >= 15 is 0 Å². The van der Waals surface area contributed by atoms with Crippen molar-refractivity contribution in [3.63, 3.8) is 0 Å². The summed E-state index contributed by atoms with van der Waals surface area (Å²) in [6, 6.07) is 6.75.